The quantitative estimate of drug-likeness (QED) is 0.349. The van der Waals surface area contributed by atoms with E-state index < -0.39 is 0 Å². The topological polar surface area (TPSA) is 89.7 Å². The predicted molar refractivity (Wildman–Crippen MR) is 140 cm³/mol. The maximum absolute atomic E-state index is 12.8. The van der Waals surface area contributed by atoms with E-state index in [4.69, 9.17) is 4.98 Å². The van der Waals surface area contributed by atoms with Crippen molar-refractivity contribution in [2.75, 3.05) is 13.1 Å². The Morgan fingerprint density at radius 2 is 1.30 bits per heavy atom. The van der Waals surface area contributed by atoms with Gasteiger partial charge in [0.1, 0.15) is 11.4 Å². The van der Waals surface area contributed by atoms with Crippen molar-refractivity contribution < 1.29 is 4.79 Å². The molecule has 0 aliphatic carbocycles. The fraction of sp³-hybridized carbons (Fsp3) is 0.172. The number of rotatable bonds is 5. The standard InChI is InChI=1S/C29H25N7O/c37-29(23-14-8-3-9-15-23)35-18-16-24(17-19-35)36-20-25(31-34-36)28-30-26(21-10-4-1-5-11-21)27(32-33-28)22-12-6-2-7-13-22/h1-15,20,24H,16-19H2. The van der Waals surface area contributed by atoms with Gasteiger partial charge in [-0.1, -0.05) is 84.1 Å². The maximum atomic E-state index is 12.8. The van der Waals surface area contributed by atoms with E-state index in [1.807, 2.05) is 107 Å². The lowest BCUT2D eigenvalue weighted by molar-refractivity contribution is 0.0689. The summed E-state index contributed by atoms with van der Waals surface area (Å²) in [6.07, 6.45) is 3.50. The third-order valence-electron chi connectivity index (χ3n) is 6.67. The molecule has 8 nitrogen and oxygen atoms in total. The van der Waals surface area contributed by atoms with Crippen LogP contribution in [0.4, 0.5) is 0 Å². The van der Waals surface area contributed by atoms with Gasteiger partial charge in [-0.05, 0) is 25.0 Å². The van der Waals surface area contributed by atoms with Gasteiger partial charge in [0.2, 0.25) is 5.82 Å². The van der Waals surface area contributed by atoms with Crippen molar-refractivity contribution in [2.45, 2.75) is 18.9 Å². The van der Waals surface area contributed by atoms with Gasteiger partial charge in [-0.15, -0.1) is 15.3 Å². The monoisotopic (exact) mass is 487 g/mol. The van der Waals surface area contributed by atoms with Crippen LogP contribution in [0.15, 0.2) is 97.2 Å². The molecule has 0 saturated carbocycles. The van der Waals surface area contributed by atoms with Crippen molar-refractivity contribution in [3.63, 3.8) is 0 Å². The molecule has 6 rings (SSSR count). The van der Waals surface area contributed by atoms with E-state index >= 15 is 0 Å². The van der Waals surface area contributed by atoms with Crippen molar-refractivity contribution in [1.82, 2.24) is 35.1 Å². The summed E-state index contributed by atoms with van der Waals surface area (Å²) in [5, 5.41) is 17.7. The summed E-state index contributed by atoms with van der Waals surface area (Å²) in [6.45, 7) is 1.35. The zero-order chi connectivity index (χ0) is 25.0. The third-order valence-corrected chi connectivity index (χ3v) is 6.67. The zero-order valence-corrected chi connectivity index (χ0v) is 20.2. The van der Waals surface area contributed by atoms with Gasteiger partial charge in [0, 0.05) is 29.8 Å². The molecule has 3 aromatic carbocycles. The van der Waals surface area contributed by atoms with Gasteiger partial charge in [-0.3, -0.25) is 4.79 Å². The van der Waals surface area contributed by atoms with E-state index in [1.54, 1.807) is 0 Å². The average Bonchev–Trinajstić information content (AvgIpc) is 3.48. The van der Waals surface area contributed by atoms with E-state index in [9.17, 15) is 4.79 Å². The summed E-state index contributed by atoms with van der Waals surface area (Å²) in [7, 11) is 0. The molecule has 37 heavy (non-hydrogen) atoms. The number of carbonyl (C=O) groups is 1. The smallest absolute Gasteiger partial charge is 0.253 e. The van der Waals surface area contributed by atoms with Gasteiger partial charge in [-0.2, -0.15) is 0 Å². The largest absolute Gasteiger partial charge is 0.338 e. The van der Waals surface area contributed by atoms with Crippen LogP contribution in [0.1, 0.15) is 29.2 Å². The molecule has 2 aromatic heterocycles. The minimum atomic E-state index is 0.0738. The lowest BCUT2D eigenvalue weighted by Gasteiger charge is -2.31. The average molecular weight is 488 g/mol. The Bertz CT molecular complexity index is 1500. The van der Waals surface area contributed by atoms with E-state index in [1.165, 1.54) is 0 Å². The highest BCUT2D eigenvalue weighted by Crippen LogP contribution is 2.30. The van der Waals surface area contributed by atoms with Crippen molar-refractivity contribution in [3.05, 3.63) is 103 Å². The SMILES string of the molecule is O=C(c1ccccc1)N1CCC(n2cc(-c3nnc(-c4ccccc4)c(-c4ccccc4)n3)nn2)CC1. The molecule has 1 amide bonds. The summed E-state index contributed by atoms with van der Waals surface area (Å²) in [5.41, 5.74) is 4.68. The van der Waals surface area contributed by atoms with Crippen LogP contribution in [0, 0.1) is 0 Å². The first-order chi connectivity index (χ1) is 18.3. The van der Waals surface area contributed by atoms with E-state index in [0.29, 0.717) is 24.6 Å². The highest BCUT2D eigenvalue weighted by atomic mass is 16.2. The molecule has 0 N–H and O–H groups in total. The van der Waals surface area contributed by atoms with E-state index in [0.717, 1.165) is 40.9 Å². The lowest BCUT2D eigenvalue weighted by atomic mass is 10.0. The number of amides is 1. The highest BCUT2D eigenvalue weighted by Gasteiger charge is 2.26. The molecule has 8 heteroatoms. The molecule has 3 heterocycles. The molecular formula is C29H25N7O. The first-order valence-corrected chi connectivity index (χ1v) is 12.4. The fourth-order valence-electron chi connectivity index (χ4n) is 4.68. The summed E-state index contributed by atoms with van der Waals surface area (Å²) >= 11 is 0. The van der Waals surface area contributed by atoms with Crippen molar-refractivity contribution >= 4 is 5.91 Å². The second-order valence-corrected chi connectivity index (χ2v) is 9.04. The van der Waals surface area contributed by atoms with Gasteiger partial charge >= 0.3 is 0 Å². The van der Waals surface area contributed by atoms with Gasteiger partial charge in [0.05, 0.1) is 12.2 Å². The number of hydrogen-bond acceptors (Lipinski definition) is 6. The van der Waals surface area contributed by atoms with E-state index in [2.05, 4.69) is 20.5 Å². The Kier molecular flexibility index (Phi) is 6.21. The molecule has 0 radical (unpaired) electrons. The van der Waals surface area contributed by atoms with Crippen LogP contribution < -0.4 is 0 Å². The van der Waals surface area contributed by atoms with Gasteiger partial charge in [-0.25, -0.2) is 9.67 Å². The summed E-state index contributed by atoms with van der Waals surface area (Å²) in [5.74, 6) is 0.506. The van der Waals surface area contributed by atoms with E-state index in [-0.39, 0.29) is 11.9 Å². The van der Waals surface area contributed by atoms with Crippen LogP contribution in [-0.4, -0.2) is 54.1 Å². The van der Waals surface area contributed by atoms with Gasteiger partial charge in [0.25, 0.3) is 5.91 Å². The molecule has 182 valence electrons. The molecule has 0 spiro atoms. The van der Waals surface area contributed by atoms with Crippen molar-refractivity contribution in [3.8, 4) is 34.0 Å². The first kappa shape index (κ1) is 22.7. The van der Waals surface area contributed by atoms with Crippen LogP contribution in [0.2, 0.25) is 0 Å². The van der Waals surface area contributed by atoms with Crippen LogP contribution >= 0.6 is 0 Å². The van der Waals surface area contributed by atoms with Gasteiger partial charge in [0.15, 0.2) is 5.69 Å². The molecule has 1 fully saturated rings. The fourth-order valence-corrected chi connectivity index (χ4v) is 4.68. The Hall–Kier alpha value is -4.72. The third kappa shape index (κ3) is 4.73. The second kappa shape index (κ2) is 10.1. The number of likely N-dealkylation sites (tertiary alicyclic amines) is 1. The summed E-state index contributed by atoms with van der Waals surface area (Å²) in [4.78, 5) is 19.6. The lowest BCUT2D eigenvalue weighted by Crippen LogP contribution is -2.39. The maximum Gasteiger partial charge on any atom is 0.253 e. The molecule has 0 atom stereocenters. The Morgan fingerprint density at radius 3 is 1.95 bits per heavy atom. The summed E-state index contributed by atoms with van der Waals surface area (Å²) < 4.78 is 1.87. The Morgan fingerprint density at radius 1 is 0.703 bits per heavy atom. The molecule has 1 aliphatic heterocycles. The Labute approximate surface area is 214 Å². The minimum Gasteiger partial charge on any atom is -0.338 e. The number of nitrogens with zero attached hydrogens (tertiary/aromatic N) is 7. The highest BCUT2D eigenvalue weighted by molar-refractivity contribution is 5.94. The van der Waals surface area contributed by atoms with Crippen LogP contribution in [0.25, 0.3) is 34.0 Å². The molecule has 1 saturated heterocycles. The second-order valence-electron chi connectivity index (χ2n) is 9.04. The first-order valence-electron chi connectivity index (χ1n) is 12.4. The van der Waals surface area contributed by atoms with Crippen molar-refractivity contribution in [2.24, 2.45) is 0 Å². The summed E-state index contributed by atoms with van der Waals surface area (Å²) in [6, 6.07) is 29.5. The van der Waals surface area contributed by atoms with Crippen LogP contribution in [0.5, 0.6) is 0 Å². The van der Waals surface area contributed by atoms with Crippen molar-refractivity contribution in [1.29, 1.82) is 0 Å². The predicted octanol–water partition coefficient (Wildman–Crippen LogP) is 4.94. The van der Waals surface area contributed by atoms with Crippen LogP contribution in [-0.2, 0) is 0 Å². The molecule has 0 unspecified atom stereocenters. The zero-order valence-electron chi connectivity index (χ0n) is 20.2. The Balaban J connectivity index is 1.23. The molecule has 1 aliphatic rings. The normalized spacial score (nSPS) is 14.0. The van der Waals surface area contributed by atoms with Crippen LogP contribution in [0.3, 0.4) is 0 Å². The number of benzene rings is 3. The molecule has 5 aromatic rings. The number of carbonyl (C=O) groups excluding carboxylic acids is 1. The number of aromatic nitrogens is 6. The number of hydrogen-bond donors (Lipinski definition) is 0. The minimum absolute atomic E-state index is 0.0738. The van der Waals surface area contributed by atoms with Gasteiger partial charge < -0.3 is 4.90 Å². The molecule has 0 bridgehead atoms. The molecular weight excluding hydrogens is 462 g/mol. The number of piperidine rings is 1.